The van der Waals surface area contributed by atoms with E-state index in [1.807, 2.05) is 0 Å². The van der Waals surface area contributed by atoms with Gasteiger partial charge in [-0.2, -0.15) is 13.2 Å². The second kappa shape index (κ2) is 6.75. The predicted molar refractivity (Wildman–Crippen MR) is 69.2 cm³/mol. The molecule has 118 valence electrons. The molecule has 1 fully saturated rings. The third-order valence-corrected chi connectivity index (χ3v) is 3.72. The first kappa shape index (κ1) is 16.2. The van der Waals surface area contributed by atoms with Gasteiger partial charge in [0.05, 0.1) is 17.8 Å². The Labute approximate surface area is 120 Å². The molecule has 1 aromatic carbocycles. The maximum absolute atomic E-state index is 13.8. The Morgan fingerprint density at radius 3 is 2.71 bits per heavy atom. The Morgan fingerprint density at radius 1 is 1.33 bits per heavy atom. The summed E-state index contributed by atoms with van der Waals surface area (Å²) in [4.78, 5) is 0. The SMILES string of the molecule is OC(CCCC1CCCO1)c1cccc(C(F)(F)F)c1F. The van der Waals surface area contributed by atoms with Crippen molar-refractivity contribution >= 4 is 0 Å². The van der Waals surface area contributed by atoms with Crippen LogP contribution in [0.5, 0.6) is 0 Å². The van der Waals surface area contributed by atoms with Crippen molar-refractivity contribution in [3.05, 3.63) is 35.1 Å². The van der Waals surface area contributed by atoms with Gasteiger partial charge >= 0.3 is 6.18 Å². The molecule has 1 aromatic rings. The van der Waals surface area contributed by atoms with Gasteiger partial charge in [-0.05, 0) is 38.2 Å². The van der Waals surface area contributed by atoms with E-state index < -0.39 is 23.7 Å². The Kier molecular flexibility index (Phi) is 5.22. The second-order valence-electron chi connectivity index (χ2n) is 5.29. The quantitative estimate of drug-likeness (QED) is 0.825. The number of ether oxygens (including phenoxy) is 1. The van der Waals surface area contributed by atoms with Gasteiger partial charge in [0, 0.05) is 12.2 Å². The van der Waals surface area contributed by atoms with E-state index in [4.69, 9.17) is 4.74 Å². The minimum atomic E-state index is -4.75. The highest BCUT2D eigenvalue weighted by Gasteiger charge is 2.35. The van der Waals surface area contributed by atoms with Crippen LogP contribution in [0, 0.1) is 5.82 Å². The number of hydrogen-bond acceptors (Lipinski definition) is 2. The molecule has 0 aliphatic carbocycles. The van der Waals surface area contributed by atoms with Crippen LogP contribution in [0.4, 0.5) is 17.6 Å². The maximum atomic E-state index is 13.8. The van der Waals surface area contributed by atoms with Crippen LogP contribution in [0.25, 0.3) is 0 Å². The van der Waals surface area contributed by atoms with E-state index >= 15 is 0 Å². The number of alkyl halides is 3. The van der Waals surface area contributed by atoms with E-state index in [1.54, 1.807) is 0 Å². The third kappa shape index (κ3) is 4.17. The summed E-state index contributed by atoms with van der Waals surface area (Å²) in [5.41, 5.74) is -1.63. The van der Waals surface area contributed by atoms with Crippen LogP contribution in [-0.2, 0) is 10.9 Å². The van der Waals surface area contributed by atoms with E-state index in [0.717, 1.165) is 31.9 Å². The summed E-state index contributed by atoms with van der Waals surface area (Å²) in [5.74, 6) is -1.38. The summed E-state index contributed by atoms with van der Waals surface area (Å²) in [5, 5.41) is 9.92. The zero-order chi connectivity index (χ0) is 15.5. The standard InChI is InChI=1S/C15H18F4O2/c16-14-11(6-2-7-12(14)15(17,18)19)13(20)8-1-4-10-5-3-9-21-10/h2,6-7,10,13,20H,1,3-5,8-9H2. The summed E-state index contributed by atoms with van der Waals surface area (Å²) in [6.07, 6.45) is -2.31. The van der Waals surface area contributed by atoms with Crippen molar-refractivity contribution in [3.8, 4) is 0 Å². The zero-order valence-corrected chi connectivity index (χ0v) is 11.5. The van der Waals surface area contributed by atoms with Gasteiger partial charge in [-0.15, -0.1) is 0 Å². The summed E-state index contributed by atoms with van der Waals surface area (Å²) in [6.45, 7) is 0.732. The maximum Gasteiger partial charge on any atom is 0.419 e. The molecule has 0 radical (unpaired) electrons. The lowest BCUT2D eigenvalue weighted by atomic mass is 9.99. The Morgan fingerprint density at radius 2 is 2.10 bits per heavy atom. The highest BCUT2D eigenvalue weighted by Crippen LogP contribution is 2.34. The number of aliphatic hydroxyl groups excluding tert-OH is 1. The molecule has 21 heavy (non-hydrogen) atoms. The number of rotatable bonds is 5. The zero-order valence-electron chi connectivity index (χ0n) is 11.5. The smallest absolute Gasteiger partial charge is 0.388 e. The van der Waals surface area contributed by atoms with Crippen molar-refractivity contribution in [1.29, 1.82) is 0 Å². The molecular formula is C15H18F4O2. The molecule has 0 bridgehead atoms. The van der Waals surface area contributed by atoms with Crippen LogP contribution in [0.2, 0.25) is 0 Å². The molecule has 2 atom stereocenters. The Hall–Kier alpha value is -1.14. The molecule has 6 heteroatoms. The van der Waals surface area contributed by atoms with Gasteiger partial charge in [0.25, 0.3) is 0 Å². The number of aliphatic hydroxyl groups is 1. The van der Waals surface area contributed by atoms with Crippen LogP contribution >= 0.6 is 0 Å². The molecule has 2 rings (SSSR count). The average Bonchev–Trinajstić information content (AvgIpc) is 2.90. The lowest BCUT2D eigenvalue weighted by Gasteiger charge is -2.16. The molecule has 2 unspecified atom stereocenters. The summed E-state index contributed by atoms with van der Waals surface area (Å²) < 4.78 is 57.1. The van der Waals surface area contributed by atoms with Crippen LogP contribution in [-0.4, -0.2) is 17.8 Å². The molecule has 0 amide bonds. The first-order valence-electron chi connectivity index (χ1n) is 7.05. The van der Waals surface area contributed by atoms with Crippen molar-refractivity contribution < 1.29 is 27.4 Å². The summed E-state index contributed by atoms with van der Waals surface area (Å²) >= 11 is 0. The van der Waals surface area contributed by atoms with Gasteiger partial charge in [-0.3, -0.25) is 0 Å². The van der Waals surface area contributed by atoms with Crippen molar-refractivity contribution in [2.75, 3.05) is 6.61 Å². The molecule has 1 aliphatic rings. The second-order valence-corrected chi connectivity index (χ2v) is 5.29. The summed E-state index contributed by atoms with van der Waals surface area (Å²) in [6, 6.07) is 2.99. The lowest BCUT2D eigenvalue weighted by Crippen LogP contribution is -2.12. The molecule has 1 heterocycles. The highest BCUT2D eigenvalue weighted by molar-refractivity contribution is 5.29. The normalized spacial score (nSPS) is 20.7. The topological polar surface area (TPSA) is 29.5 Å². The number of hydrogen-bond donors (Lipinski definition) is 1. The summed E-state index contributed by atoms with van der Waals surface area (Å²) in [7, 11) is 0. The Balaban J connectivity index is 1.97. The van der Waals surface area contributed by atoms with Crippen molar-refractivity contribution in [3.63, 3.8) is 0 Å². The van der Waals surface area contributed by atoms with Gasteiger partial charge in [0.2, 0.25) is 0 Å². The van der Waals surface area contributed by atoms with E-state index in [0.29, 0.717) is 12.5 Å². The van der Waals surface area contributed by atoms with Crippen molar-refractivity contribution in [2.45, 2.75) is 50.5 Å². The fourth-order valence-electron chi connectivity index (χ4n) is 2.59. The first-order chi connectivity index (χ1) is 9.89. The molecule has 0 spiro atoms. The van der Waals surface area contributed by atoms with E-state index in [9.17, 15) is 22.7 Å². The van der Waals surface area contributed by atoms with Gasteiger partial charge in [-0.25, -0.2) is 4.39 Å². The predicted octanol–water partition coefficient (Wildman–Crippen LogP) is 4.23. The van der Waals surface area contributed by atoms with Crippen LogP contribution in [0.15, 0.2) is 18.2 Å². The fourth-order valence-corrected chi connectivity index (χ4v) is 2.59. The van der Waals surface area contributed by atoms with E-state index in [1.165, 1.54) is 6.07 Å². The third-order valence-electron chi connectivity index (χ3n) is 3.72. The van der Waals surface area contributed by atoms with E-state index in [2.05, 4.69) is 0 Å². The average molecular weight is 306 g/mol. The van der Waals surface area contributed by atoms with E-state index in [-0.39, 0.29) is 18.1 Å². The number of halogens is 4. The molecule has 1 aliphatic heterocycles. The minimum absolute atomic E-state index is 0.156. The van der Waals surface area contributed by atoms with Crippen molar-refractivity contribution in [2.24, 2.45) is 0 Å². The van der Waals surface area contributed by atoms with Gasteiger partial charge in [0.1, 0.15) is 5.82 Å². The Bertz CT molecular complexity index is 467. The molecule has 0 saturated carbocycles. The molecule has 1 N–H and O–H groups in total. The lowest BCUT2D eigenvalue weighted by molar-refractivity contribution is -0.140. The van der Waals surface area contributed by atoms with Crippen LogP contribution in [0.3, 0.4) is 0 Å². The van der Waals surface area contributed by atoms with Gasteiger partial charge in [-0.1, -0.05) is 12.1 Å². The fraction of sp³-hybridized carbons (Fsp3) is 0.600. The highest BCUT2D eigenvalue weighted by atomic mass is 19.4. The van der Waals surface area contributed by atoms with Gasteiger partial charge < -0.3 is 9.84 Å². The molecule has 0 aromatic heterocycles. The largest absolute Gasteiger partial charge is 0.419 e. The van der Waals surface area contributed by atoms with Crippen LogP contribution in [0.1, 0.15) is 49.3 Å². The molecule has 1 saturated heterocycles. The first-order valence-corrected chi connectivity index (χ1v) is 7.05. The molecule has 2 nitrogen and oxygen atoms in total. The van der Waals surface area contributed by atoms with Crippen LogP contribution < -0.4 is 0 Å². The number of benzene rings is 1. The van der Waals surface area contributed by atoms with Crippen molar-refractivity contribution in [1.82, 2.24) is 0 Å². The minimum Gasteiger partial charge on any atom is -0.388 e. The monoisotopic (exact) mass is 306 g/mol. The van der Waals surface area contributed by atoms with Gasteiger partial charge in [0.15, 0.2) is 0 Å². The molecular weight excluding hydrogens is 288 g/mol.